The van der Waals surface area contributed by atoms with Crippen LogP contribution in [0.25, 0.3) is 11.0 Å². The van der Waals surface area contributed by atoms with Crippen molar-refractivity contribution in [3.63, 3.8) is 0 Å². The Morgan fingerprint density at radius 3 is 2.71 bits per heavy atom. The Hall–Kier alpha value is -2.83. The van der Waals surface area contributed by atoms with Crippen molar-refractivity contribution in [2.75, 3.05) is 33.8 Å². The molecule has 0 N–H and O–H groups in total. The van der Waals surface area contributed by atoms with Gasteiger partial charge in [-0.2, -0.15) is 0 Å². The van der Waals surface area contributed by atoms with Gasteiger partial charge in [0.1, 0.15) is 11.3 Å². The zero-order valence-corrected chi connectivity index (χ0v) is 18.6. The zero-order valence-electron chi connectivity index (χ0n) is 17.9. The maximum Gasteiger partial charge on any atom is 0.290 e. The quantitative estimate of drug-likeness (QED) is 0.546. The van der Waals surface area contributed by atoms with Gasteiger partial charge in [0.25, 0.3) is 5.91 Å². The SMILES string of the molecule is CCCOc1cccc(C2c3c(oc4ccc(Cl)cc4c3=O)C(=O)N2CCN(C)C)c1. The minimum Gasteiger partial charge on any atom is -0.494 e. The average molecular weight is 441 g/mol. The summed E-state index contributed by atoms with van der Waals surface area (Å²) in [6.45, 7) is 3.75. The molecule has 1 amide bonds. The normalized spacial score (nSPS) is 15.7. The van der Waals surface area contributed by atoms with Crippen molar-refractivity contribution in [1.29, 1.82) is 0 Å². The Labute approximate surface area is 186 Å². The average Bonchev–Trinajstić information content (AvgIpc) is 3.03. The van der Waals surface area contributed by atoms with Gasteiger partial charge in [-0.1, -0.05) is 30.7 Å². The summed E-state index contributed by atoms with van der Waals surface area (Å²) in [7, 11) is 3.89. The third kappa shape index (κ3) is 4.05. The van der Waals surface area contributed by atoms with E-state index in [2.05, 4.69) is 0 Å². The van der Waals surface area contributed by atoms with Crippen LogP contribution in [0.5, 0.6) is 5.75 Å². The fourth-order valence-corrected chi connectivity index (χ4v) is 4.04. The molecule has 2 aromatic carbocycles. The number of ether oxygens (including phenoxy) is 1. The van der Waals surface area contributed by atoms with Crippen LogP contribution in [0.2, 0.25) is 5.02 Å². The summed E-state index contributed by atoms with van der Waals surface area (Å²) in [5.74, 6) is 0.528. The molecule has 6 nitrogen and oxygen atoms in total. The molecule has 7 heteroatoms. The molecule has 4 rings (SSSR count). The van der Waals surface area contributed by atoms with E-state index in [9.17, 15) is 9.59 Å². The number of carbonyl (C=O) groups is 1. The van der Waals surface area contributed by atoms with E-state index in [1.165, 1.54) is 0 Å². The van der Waals surface area contributed by atoms with Crippen molar-refractivity contribution in [3.8, 4) is 5.75 Å². The Morgan fingerprint density at radius 2 is 1.97 bits per heavy atom. The van der Waals surface area contributed by atoms with Crippen LogP contribution in [0.1, 0.15) is 41.1 Å². The zero-order chi connectivity index (χ0) is 22.1. The monoisotopic (exact) mass is 440 g/mol. The van der Waals surface area contributed by atoms with E-state index in [4.69, 9.17) is 20.8 Å². The number of nitrogens with zero attached hydrogens (tertiary/aromatic N) is 2. The Morgan fingerprint density at radius 1 is 1.16 bits per heavy atom. The first-order valence-electron chi connectivity index (χ1n) is 10.4. The number of benzene rings is 2. The summed E-state index contributed by atoms with van der Waals surface area (Å²) in [6, 6.07) is 11.9. The Kier molecular flexibility index (Phi) is 6.03. The van der Waals surface area contributed by atoms with E-state index in [-0.39, 0.29) is 17.1 Å². The lowest BCUT2D eigenvalue weighted by Gasteiger charge is -2.26. The van der Waals surface area contributed by atoms with E-state index in [0.717, 1.165) is 12.0 Å². The van der Waals surface area contributed by atoms with Gasteiger partial charge in [-0.05, 0) is 56.4 Å². The highest BCUT2D eigenvalue weighted by atomic mass is 35.5. The number of likely N-dealkylation sites (N-methyl/N-ethyl adjacent to an activating group) is 1. The molecular formula is C24H25ClN2O4. The maximum atomic E-state index is 13.5. The lowest BCUT2D eigenvalue weighted by atomic mass is 9.98. The standard InChI is InChI=1S/C24H25ClN2O4/c1-4-12-30-17-7-5-6-15(13-17)21-20-22(28)18-14-16(25)8-9-19(18)31-23(20)24(29)27(21)11-10-26(2)3/h5-9,13-14,21H,4,10-12H2,1-3H3. The molecule has 2 heterocycles. The van der Waals surface area contributed by atoms with Gasteiger partial charge in [0.2, 0.25) is 5.76 Å². The van der Waals surface area contributed by atoms with Gasteiger partial charge in [0, 0.05) is 18.1 Å². The highest BCUT2D eigenvalue weighted by Gasteiger charge is 2.42. The molecule has 0 fully saturated rings. The van der Waals surface area contributed by atoms with Crippen molar-refractivity contribution in [2.45, 2.75) is 19.4 Å². The molecule has 0 spiro atoms. The van der Waals surface area contributed by atoms with Crippen LogP contribution < -0.4 is 10.2 Å². The van der Waals surface area contributed by atoms with E-state index < -0.39 is 6.04 Å². The molecule has 0 saturated carbocycles. The predicted octanol–water partition coefficient (Wildman–Crippen LogP) is 4.34. The third-order valence-electron chi connectivity index (χ3n) is 5.36. The highest BCUT2D eigenvalue weighted by molar-refractivity contribution is 6.31. The molecule has 1 aliphatic heterocycles. The number of fused-ring (bicyclic) bond motifs is 2. The van der Waals surface area contributed by atoms with Gasteiger partial charge in [-0.3, -0.25) is 9.59 Å². The molecule has 1 aliphatic rings. The van der Waals surface area contributed by atoms with Crippen molar-refractivity contribution >= 4 is 28.5 Å². The van der Waals surface area contributed by atoms with E-state index in [1.54, 1.807) is 23.1 Å². The van der Waals surface area contributed by atoms with Crippen LogP contribution in [-0.2, 0) is 0 Å². The summed E-state index contributed by atoms with van der Waals surface area (Å²) >= 11 is 6.13. The number of hydrogen-bond donors (Lipinski definition) is 0. The van der Waals surface area contributed by atoms with Gasteiger partial charge in [-0.25, -0.2) is 0 Å². The number of rotatable bonds is 7. The molecule has 31 heavy (non-hydrogen) atoms. The second-order valence-corrected chi connectivity index (χ2v) is 8.38. The first kappa shape index (κ1) is 21.4. The third-order valence-corrected chi connectivity index (χ3v) is 5.60. The molecule has 0 radical (unpaired) electrons. The summed E-state index contributed by atoms with van der Waals surface area (Å²) < 4.78 is 11.7. The predicted molar refractivity (Wildman–Crippen MR) is 121 cm³/mol. The van der Waals surface area contributed by atoms with Gasteiger partial charge in [0.15, 0.2) is 5.43 Å². The van der Waals surface area contributed by atoms with Gasteiger partial charge in [0.05, 0.1) is 23.6 Å². The van der Waals surface area contributed by atoms with E-state index in [1.807, 2.05) is 50.2 Å². The van der Waals surface area contributed by atoms with Crippen LogP contribution in [0, 0.1) is 0 Å². The minimum atomic E-state index is -0.549. The fraction of sp³-hybridized carbons (Fsp3) is 0.333. The molecule has 1 atom stereocenters. The van der Waals surface area contributed by atoms with Crippen LogP contribution in [0.4, 0.5) is 0 Å². The Balaban J connectivity index is 1.89. The Bertz CT molecular complexity index is 1190. The highest BCUT2D eigenvalue weighted by Crippen LogP contribution is 2.39. The van der Waals surface area contributed by atoms with Crippen molar-refractivity contribution in [2.24, 2.45) is 0 Å². The van der Waals surface area contributed by atoms with Crippen molar-refractivity contribution in [3.05, 3.63) is 74.6 Å². The molecule has 1 aromatic heterocycles. The summed E-state index contributed by atoms with van der Waals surface area (Å²) in [5.41, 5.74) is 1.29. The summed E-state index contributed by atoms with van der Waals surface area (Å²) in [5, 5.41) is 0.817. The molecule has 0 aliphatic carbocycles. The lowest BCUT2D eigenvalue weighted by Crippen LogP contribution is -2.35. The van der Waals surface area contributed by atoms with Crippen molar-refractivity contribution in [1.82, 2.24) is 9.80 Å². The second kappa shape index (κ2) is 8.73. The molecule has 0 bridgehead atoms. The molecule has 0 saturated heterocycles. The van der Waals surface area contributed by atoms with Crippen LogP contribution in [0.15, 0.2) is 51.7 Å². The molecule has 3 aromatic rings. The first-order chi connectivity index (χ1) is 14.9. The van der Waals surface area contributed by atoms with Crippen LogP contribution >= 0.6 is 11.6 Å². The van der Waals surface area contributed by atoms with Crippen LogP contribution in [-0.4, -0.2) is 49.5 Å². The van der Waals surface area contributed by atoms with E-state index in [0.29, 0.717) is 47.0 Å². The smallest absolute Gasteiger partial charge is 0.290 e. The first-order valence-corrected chi connectivity index (χ1v) is 10.7. The van der Waals surface area contributed by atoms with Crippen molar-refractivity contribution < 1.29 is 13.9 Å². The largest absolute Gasteiger partial charge is 0.494 e. The van der Waals surface area contributed by atoms with Gasteiger partial charge < -0.3 is 19.0 Å². The number of carbonyl (C=O) groups excluding carboxylic acids is 1. The topological polar surface area (TPSA) is 63.0 Å². The van der Waals surface area contributed by atoms with Gasteiger partial charge in [-0.15, -0.1) is 0 Å². The second-order valence-electron chi connectivity index (χ2n) is 7.94. The molecular weight excluding hydrogens is 416 g/mol. The fourth-order valence-electron chi connectivity index (χ4n) is 3.87. The van der Waals surface area contributed by atoms with Gasteiger partial charge >= 0.3 is 0 Å². The summed E-state index contributed by atoms with van der Waals surface area (Å²) in [6.07, 6.45) is 0.889. The number of halogens is 1. The minimum absolute atomic E-state index is 0.100. The van der Waals surface area contributed by atoms with E-state index >= 15 is 0 Å². The number of hydrogen-bond acceptors (Lipinski definition) is 5. The summed E-state index contributed by atoms with van der Waals surface area (Å²) in [4.78, 5) is 30.5. The number of amides is 1. The molecule has 162 valence electrons. The maximum absolute atomic E-state index is 13.5. The molecule has 1 unspecified atom stereocenters. The van der Waals surface area contributed by atoms with Crippen LogP contribution in [0.3, 0.4) is 0 Å². The lowest BCUT2D eigenvalue weighted by molar-refractivity contribution is 0.0716.